The first-order valence-electron chi connectivity index (χ1n) is 9.12. The summed E-state index contributed by atoms with van der Waals surface area (Å²) in [6, 6.07) is 0. The van der Waals surface area contributed by atoms with E-state index in [2.05, 4.69) is 6.58 Å². The van der Waals surface area contributed by atoms with E-state index >= 15 is 0 Å². The summed E-state index contributed by atoms with van der Waals surface area (Å²) < 4.78 is 16.3. The SMILES string of the molecule is C=C(C)[Si](OC(=O)CCCC)(OC(=O)CCCC)OC(=O)CCCC. The number of allylic oxidation sites excluding steroid dienone is 1. The molecule has 0 fully saturated rings. The molecule has 25 heavy (non-hydrogen) atoms. The molecule has 0 saturated carbocycles. The molecule has 0 aromatic heterocycles. The van der Waals surface area contributed by atoms with Crippen LogP contribution in [0.15, 0.2) is 11.8 Å². The lowest BCUT2D eigenvalue weighted by Crippen LogP contribution is -2.51. The summed E-state index contributed by atoms with van der Waals surface area (Å²) in [5, 5.41) is 0.270. The van der Waals surface area contributed by atoms with E-state index < -0.39 is 26.7 Å². The predicted molar refractivity (Wildman–Crippen MR) is 97.4 cm³/mol. The van der Waals surface area contributed by atoms with E-state index in [1.54, 1.807) is 6.92 Å². The zero-order valence-electron chi connectivity index (χ0n) is 16.0. The molecule has 6 nitrogen and oxygen atoms in total. The number of carbonyl (C=O) groups excluding carboxylic acids is 3. The van der Waals surface area contributed by atoms with Crippen LogP contribution in [0.25, 0.3) is 0 Å². The highest BCUT2D eigenvalue weighted by Crippen LogP contribution is 2.22. The minimum atomic E-state index is -3.96. The lowest BCUT2D eigenvalue weighted by atomic mass is 10.3. The molecule has 0 radical (unpaired) electrons. The third-order valence-electron chi connectivity index (χ3n) is 3.47. The molecular weight excluding hydrogens is 340 g/mol. The minimum Gasteiger partial charge on any atom is -0.452 e. The number of unbranched alkanes of at least 4 members (excludes halogenated alkanes) is 3. The quantitative estimate of drug-likeness (QED) is 0.450. The maximum Gasteiger partial charge on any atom is 0.737 e. The molecule has 0 aromatic carbocycles. The molecule has 7 heteroatoms. The van der Waals surface area contributed by atoms with Gasteiger partial charge in [-0.2, -0.15) is 0 Å². The maximum atomic E-state index is 12.1. The molecule has 0 N–H and O–H groups in total. The Morgan fingerprint density at radius 1 is 0.720 bits per heavy atom. The van der Waals surface area contributed by atoms with E-state index in [1.807, 2.05) is 20.8 Å². The topological polar surface area (TPSA) is 78.9 Å². The van der Waals surface area contributed by atoms with E-state index in [0.717, 1.165) is 19.3 Å². The Kier molecular flexibility index (Phi) is 11.9. The van der Waals surface area contributed by atoms with Gasteiger partial charge in [0.15, 0.2) is 0 Å². The van der Waals surface area contributed by atoms with Crippen LogP contribution in [0.4, 0.5) is 0 Å². The fraction of sp³-hybridized carbons (Fsp3) is 0.722. The van der Waals surface area contributed by atoms with Gasteiger partial charge in [0.2, 0.25) is 0 Å². The first-order valence-corrected chi connectivity index (χ1v) is 10.8. The molecule has 0 aromatic rings. The van der Waals surface area contributed by atoms with Crippen molar-refractivity contribution in [1.29, 1.82) is 0 Å². The summed E-state index contributed by atoms with van der Waals surface area (Å²) in [5.74, 6) is -1.62. The Morgan fingerprint density at radius 2 is 1.00 bits per heavy atom. The van der Waals surface area contributed by atoms with Gasteiger partial charge < -0.3 is 13.3 Å². The van der Waals surface area contributed by atoms with Crippen LogP contribution >= 0.6 is 0 Å². The van der Waals surface area contributed by atoms with Gasteiger partial charge in [-0.1, -0.05) is 46.6 Å². The lowest BCUT2D eigenvalue weighted by molar-refractivity contribution is -0.150. The van der Waals surface area contributed by atoms with Crippen molar-refractivity contribution < 1.29 is 27.7 Å². The van der Waals surface area contributed by atoms with Crippen molar-refractivity contribution in [2.24, 2.45) is 0 Å². The summed E-state index contributed by atoms with van der Waals surface area (Å²) in [5.41, 5.74) is 0. The van der Waals surface area contributed by atoms with E-state index in [1.165, 1.54) is 0 Å². The van der Waals surface area contributed by atoms with Gasteiger partial charge in [-0.3, -0.25) is 14.4 Å². The number of hydrogen-bond donors (Lipinski definition) is 0. The van der Waals surface area contributed by atoms with Crippen LogP contribution in [0.3, 0.4) is 0 Å². The van der Waals surface area contributed by atoms with Crippen LogP contribution < -0.4 is 0 Å². The number of carbonyl (C=O) groups is 3. The summed E-state index contributed by atoms with van der Waals surface area (Å²) >= 11 is 0. The van der Waals surface area contributed by atoms with Crippen molar-refractivity contribution in [3.8, 4) is 0 Å². The van der Waals surface area contributed by atoms with Crippen LogP contribution in [0.5, 0.6) is 0 Å². The van der Waals surface area contributed by atoms with Gasteiger partial charge in [0.1, 0.15) is 0 Å². The van der Waals surface area contributed by atoms with Gasteiger partial charge in [-0.05, 0) is 26.2 Å². The number of hydrogen-bond acceptors (Lipinski definition) is 6. The maximum absolute atomic E-state index is 12.1. The molecule has 0 atom stereocenters. The Balaban J connectivity index is 5.30. The molecular formula is C18H32O6Si. The standard InChI is InChI=1S/C18H32O6Si/c1-6-9-12-16(19)22-25(15(4)5,23-17(20)13-10-7-2)24-18(21)14-11-8-3/h4,6-14H2,1-3,5H3. The molecule has 0 amide bonds. The van der Waals surface area contributed by atoms with E-state index in [0.29, 0.717) is 19.3 Å². The third kappa shape index (κ3) is 9.43. The molecule has 0 bridgehead atoms. The summed E-state index contributed by atoms with van der Waals surface area (Å²) in [7, 11) is -3.96. The van der Waals surface area contributed by atoms with Gasteiger partial charge in [0.05, 0.1) is 0 Å². The van der Waals surface area contributed by atoms with Gasteiger partial charge in [-0.25, -0.2) is 0 Å². The highest BCUT2D eigenvalue weighted by Gasteiger charge is 2.54. The number of rotatable bonds is 13. The van der Waals surface area contributed by atoms with E-state index in [9.17, 15) is 14.4 Å². The van der Waals surface area contributed by atoms with Crippen LogP contribution in [-0.4, -0.2) is 26.7 Å². The minimum absolute atomic E-state index is 0.178. The van der Waals surface area contributed by atoms with E-state index in [-0.39, 0.29) is 24.5 Å². The Bertz CT molecular complexity index is 405. The molecule has 0 heterocycles. The zero-order chi connectivity index (χ0) is 19.3. The van der Waals surface area contributed by atoms with Gasteiger partial charge in [0, 0.05) is 24.5 Å². The Labute approximate surface area is 152 Å². The summed E-state index contributed by atoms with van der Waals surface area (Å²) in [6.07, 6.45) is 4.94. The smallest absolute Gasteiger partial charge is 0.452 e. The molecule has 0 spiro atoms. The van der Waals surface area contributed by atoms with Crippen molar-refractivity contribution in [2.75, 3.05) is 0 Å². The lowest BCUT2D eigenvalue weighted by Gasteiger charge is -2.27. The molecule has 0 aliphatic heterocycles. The van der Waals surface area contributed by atoms with Crippen LogP contribution in [0.2, 0.25) is 0 Å². The second-order valence-corrected chi connectivity index (χ2v) is 8.65. The Morgan fingerprint density at radius 3 is 1.20 bits per heavy atom. The van der Waals surface area contributed by atoms with Crippen LogP contribution in [0.1, 0.15) is 85.5 Å². The largest absolute Gasteiger partial charge is 0.737 e. The highest BCUT2D eigenvalue weighted by molar-refractivity contribution is 6.72. The van der Waals surface area contributed by atoms with Gasteiger partial charge in [-0.15, -0.1) is 0 Å². The first-order chi connectivity index (χ1) is 11.8. The second kappa shape index (κ2) is 12.7. The predicted octanol–water partition coefficient (Wildman–Crippen LogP) is 4.24. The molecule has 0 saturated heterocycles. The van der Waals surface area contributed by atoms with Gasteiger partial charge >= 0.3 is 8.80 Å². The average molecular weight is 373 g/mol. The van der Waals surface area contributed by atoms with Crippen molar-refractivity contribution in [1.82, 2.24) is 0 Å². The monoisotopic (exact) mass is 372 g/mol. The van der Waals surface area contributed by atoms with Crippen molar-refractivity contribution in [3.63, 3.8) is 0 Å². The molecule has 0 aliphatic rings. The molecule has 0 aliphatic carbocycles. The highest BCUT2D eigenvalue weighted by atomic mass is 28.4. The fourth-order valence-corrected chi connectivity index (χ4v) is 3.74. The molecule has 0 unspecified atom stereocenters. The van der Waals surface area contributed by atoms with E-state index in [4.69, 9.17) is 13.3 Å². The fourth-order valence-electron chi connectivity index (χ4n) is 1.89. The second-order valence-electron chi connectivity index (χ2n) is 6.07. The van der Waals surface area contributed by atoms with Gasteiger partial charge in [0.25, 0.3) is 17.9 Å². The third-order valence-corrected chi connectivity index (χ3v) is 6.01. The first kappa shape index (κ1) is 23.4. The van der Waals surface area contributed by atoms with Crippen LogP contribution in [-0.2, 0) is 27.7 Å². The molecule has 0 rings (SSSR count). The van der Waals surface area contributed by atoms with Crippen LogP contribution in [0, 0.1) is 0 Å². The average Bonchev–Trinajstić information content (AvgIpc) is 2.55. The molecule has 144 valence electrons. The summed E-state index contributed by atoms with van der Waals surface area (Å²) in [4.78, 5) is 36.3. The zero-order valence-corrected chi connectivity index (χ0v) is 17.0. The van der Waals surface area contributed by atoms with Crippen molar-refractivity contribution in [3.05, 3.63) is 11.8 Å². The van der Waals surface area contributed by atoms with Crippen molar-refractivity contribution >= 4 is 26.7 Å². The summed E-state index contributed by atoms with van der Waals surface area (Å²) in [6.45, 7) is 11.2. The Hall–Kier alpha value is -1.63. The van der Waals surface area contributed by atoms with Crippen molar-refractivity contribution in [2.45, 2.75) is 85.5 Å². The normalized spacial score (nSPS) is 10.9.